The van der Waals surface area contributed by atoms with Crippen LogP contribution in [0.25, 0.3) is 11.1 Å². The summed E-state index contributed by atoms with van der Waals surface area (Å²) in [6, 6.07) is 14.7. The molecule has 4 nitrogen and oxygen atoms in total. The standard InChI is InChI=1S/C19H16F2N2O2S/c20-16(21)10-5-11-26-19-23-17-14(8-4-9-15(17)25-19)18(24)22-12-13-6-2-1-3-7-13/h1-4,6-10H,5,11-12H2,(H,22,24). The average molecular weight is 374 g/mol. The van der Waals surface area contributed by atoms with Gasteiger partial charge < -0.3 is 9.73 Å². The monoisotopic (exact) mass is 374 g/mol. The van der Waals surface area contributed by atoms with E-state index in [1.165, 1.54) is 11.8 Å². The van der Waals surface area contributed by atoms with Gasteiger partial charge in [-0.3, -0.25) is 4.79 Å². The number of benzene rings is 2. The molecule has 3 rings (SSSR count). The number of carbonyl (C=O) groups excluding carboxylic acids is 1. The first-order valence-electron chi connectivity index (χ1n) is 7.99. The number of nitrogens with one attached hydrogen (secondary N) is 1. The predicted octanol–water partition coefficient (Wildman–Crippen LogP) is 5.02. The molecule has 0 saturated heterocycles. The van der Waals surface area contributed by atoms with Gasteiger partial charge in [0.1, 0.15) is 5.52 Å². The number of rotatable bonds is 7. The van der Waals surface area contributed by atoms with E-state index in [-0.39, 0.29) is 12.3 Å². The maximum absolute atomic E-state index is 12.5. The number of oxazole rings is 1. The van der Waals surface area contributed by atoms with E-state index in [4.69, 9.17) is 4.42 Å². The molecule has 0 aliphatic heterocycles. The largest absolute Gasteiger partial charge is 0.431 e. The summed E-state index contributed by atoms with van der Waals surface area (Å²) in [4.78, 5) is 16.8. The lowest BCUT2D eigenvalue weighted by molar-refractivity contribution is 0.0952. The number of para-hydroxylation sites is 1. The molecule has 1 aromatic heterocycles. The minimum Gasteiger partial charge on any atom is -0.431 e. The van der Waals surface area contributed by atoms with Crippen LogP contribution in [-0.4, -0.2) is 16.6 Å². The highest BCUT2D eigenvalue weighted by molar-refractivity contribution is 7.99. The fourth-order valence-corrected chi connectivity index (χ4v) is 3.08. The van der Waals surface area contributed by atoms with Gasteiger partial charge in [-0.05, 0) is 30.2 Å². The summed E-state index contributed by atoms with van der Waals surface area (Å²) in [6.07, 6.45) is -0.616. The molecular weight excluding hydrogens is 358 g/mol. The van der Waals surface area contributed by atoms with E-state index in [0.717, 1.165) is 11.6 Å². The van der Waals surface area contributed by atoms with E-state index in [2.05, 4.69) is 10.3 Å². The van der Waals surface area contributed by atoms with Gasteiger partial charge in [-0.25, -0.2) is 4.98 Å². The van der Waals surface area contributed by atoms with Crippen molar-refractivity contribution in [1.82, 2.24) is 10.3 Å². The van der Waals surface area contributed by atoms with Crippen LogP contribution in [0.4, 0.5) is 8.78 Å². The first kappa shape index (κ1) is 18.1. The zero-order valence-electron chi connectivity index (χ0n) is 13.7. The Hall–Kier alpha value is -2.67. The van der Waals surface area contributed by atoms with Crippen molar-refractivity contribution >= 4 is 28.8 Å². The molecule has 1 heterocycles. The summed E-state index contributed by atoms with van der Waals surface area (Å²) in [5, 5.41) is 3.22. The van der Waals surface area contributed by atoms with Crippen molar-refractivity contribution in [3.8, 4) is 0 Å². The van der Waals surface area contributed by atoms with Crippen molar-refractivity contribution in [2.24, 2.45) is 0 Å². The smallest absolute Gasteiger partial charge is 0.266 e. The first-order chi connectivity index (χ1) is 12.6. The van der Waals surface area contributed by atoms with Gasteiger partial charge in [0.15, 0.2) is 5.58 Å². The Labute approximate surface area is 153 Å². The molecular formula is C19H16F2N2O2S. The van der Waals surface area contributed by atoms with Crippen LogP contribution in [0, 0.1) is 0 Å². The number of halogens is 2. The van der Waals surface area contributed by atoms with Gasteiger partial charge in [-0.1, -0.05) is 48.2 Å². The molecule has 1 N–H and O–H groups in total. The van der Waals surface area contributed by atoms with Gasteiger partial charge in [-0.15, -0.1) is 0 Å². The predicted molar refractivity (Wildman–Crippen MR) is 97.3 cm³/mol. The van der Waals surface area contributed by atoms with E-state index >= 15 is 0 Å². The molecule has 0 saturated carbocycles. The Balaban J connectivity index is 1.70. The highest BCUT2D eigenvalue weighted by Crippen LogP contribution is 2.26. The lowest BCUT2D eigenvalue weighted by Gasteiger charge is -2.05. The third-order valence-corrected chi connectivity index (χ3v) is 4.44. The summed E-state index contributed by atoms with van der Waals surface area (Å²) < 4.78 is 29.7. The van der Waals surface area contributed by atoms with Crippen molar-refractivity contribution in [1.29, 1.82) is 0 Å². The van der Waals surface area contributed by atoms with E-state index in [9.17, 15) is 13.6 Å². The van der Waals surface area contributed by atoms with Crippen LogP contribution >= 0.6 is 11.8 Å². The second-order valence-corrected chi connectivity index (χ2v) is 6.48. The second kappa shape index (κ2) is 8.62. The molecule has 0 aliphatic rings. The Bertz CT molecular complexity index is 922. The van der Waals surface area contributed by atoms with Crippen LogP contribution in [0.5, 0.6) is 0 Å². The van der Waals surface area contributed by atoms with Gasteiger partial charge >= 0.3 is 0 Å². The maximum Gasteiger partial charge on any atom is 0.266 e. The van der Waals surface area contributed by atoms with Crippen molar-refractivity contribution < 1.29 is 18.0 Å². The molecule has 1 amide bonds. The van der Waals surface area contributed by atoms with Crippen molar-refractivity contribution in [3.63, 3.8) is 0 Å². The number of carbonyl (C=O) groups is 1. The van der Waals surface area contributed by atoms with Crippen LogP contribution in [0.2, 0.25) is 0 Å². The highest BCUT2D eigenvalue weighted by atomic mass is 32.2. The SMILES string of the molecule is O=C(NCc1ccccc1)c1cccc2oc(SCCC=C(F)F)nc12. The fourth-order valence-electron chi connectivity index (χ4n) is 2.36. The Morgan fingerprint density at radius 1 is 1.15 bits per heavy atom. The zero-order valence-corrected chi connectivity index (χ0v) is 14.6. The number of hydrogen-bond acceptors (Lipinski definition) is 4. The Morgan fingerprint density at radius 3 is 2.73 bits per heavy atom. The minimum atomic E-state index is -1.69. The van der Waals surface area contributed by atoms with Gasteiger partial charge in [-0.2, -0.15) is 8.78 Å². The Kier molecular flexibility index (Phi) is 6.01. The van der Waals surface area contributed by atoms with E-state index in [1.807, 2.05) is 30.3 Å². The summed E-state index contributed by atoms with van der Waals surface area (Å²) in [5.74, 6) is 0.173. The molecule has 0 spiro atoms. The van der Waals surface area contributed by atoms with Crippen molar-refractivity contribution in [2.45, 2.75) is 18.2 Å². The van der Waals surface area contributed by atoms with Gasteiger partial charge in [0.05, 0.1) is 5.56 Å². The number of thioether (sulfide) groups is 1. The van der Waals surface area contributed by atoms with Gasteiger partial charge in [0.25, 0.3) is 17.2 Å². The summed E-state index contributed by atoms with van der Waals surface area (Å²) in [6.45, 7) is 0.413. The Morgan fingerprint density at radius 2 is 1.96 bits per heavy atom. The van der Waals surface area contributed by atoms with Crippen LogP contribution in [0.3, 0.4) is 0 Å². The molecule has 0 atom stereocenters. The summed E-state index contributed by atoms with van der Waals surface area (Å²) in [7, 11) is 0. The maximum atomic E-state index is 12.5. The number of amides is 1. The van der Waals surface area contributed by atoms with Crippen molar-refractivity contribution in [3.05, 3.63) is 71.8 Å². The lowest BCUT2D eigenvalue weighted by Crippen LogP contribution is -2.23. The van der Waals surface area contributed by atoms with Crippen LogP contribution < -0.4 is 5.32 Å². The molecule has 0 bridgehead atoms. The third-order valence-electron chi connectivity index (χ3n) is 3.58. The first-order valence-corrected chi connectivity index (χ1v) is 8.97. The molecule has 2 aromatic carbocycles. The van der Waals surface area contributed by atoms with E-state index in [1.54, 1.807) is 18.2 Å². The quantitative estimate of drug-likeness (QED) is 0.466. The van der Waals surface area contributed by atoms with E-state index in [0.29, 0.717) is 34.2 Å². The molecule has 3 aromatic rings. The fraction of sp³-hybridized carbons (Fsp3) is 0.158. The molecule has 0 radical (unpaired) electrons. The molecule has 26 heavy (non-hydrogen) atoms. The number of allylic oxidation sites excluding steroid dienone is 1. The van der Waals surface area contributed by atoms with Crippen molar-refractivity contribution in [2.75, 3.05) is 5.75 Å². The molecule has 7 heteroatoms. The lowest BCUT2D eigenvalue weighted by atomic mass is 10.1. The number of aromatic nitrogens is 1. The molecule has 0 unspecified atom stereocenters. The molecule has 134 valence electrons. The van der Waals surface area contributed by atoms with Gasteiger partial charge in [0.2, 0.25) is 0 Å². The minimum absolute atomic E-state index is 0.218. The normalized spacial score (nSPS) is 10.7. The average Bonchev–Trinajstić information content (AvgIpc) is 3.07. The van der Waals surface area contributed by atoms with E-state index < -0.39 is 6.08 Å². The topological polar surface area (TPSA) is 55.1 Å². The van der Waals surface area contributed by atoms with Crippen LogP contribution in [-0.2, 0) is 6.54 Å². The van der Waals surface area contributed by atoms with Crippen LogP contribution in [0.15, 0.2) is 70.3 Å². The highest BCUT2D eigenvalue weighted by Gasteiger charge is 2.15. The zero-order chi connectivity index (χ0) is 18.4. The van der Waals surface area contributed by atoms with Crippen LogP contribution in [0.1, 0.15) is 22.3 Å². The second-order valence-electron chi connectivity index (χ2n) is 5.43. The summed E-state index contributed by atoms with van der Waals surface area (Å²) >= 11 is 1.23. The number of fused-ring (bicyclic) bond motifs is 1. The number of nitrogens with zero attached hydrogens (tertiary/aromatic N) is 1. The third kappa shape index (κ3) is 4.70. The number of hydrogen-bond donors (Lipinski definition) is 1. The summed E-state index contributed by atoms with van der Waals surface area (Å²) in [5.41, 5.74) is 2.38. The van der Waals surface area contributed by atoms with Gasteiger partial charge in [0, 0.05) is 12.3 Å². The molecule has 0 aliphatic carbocycles. The molecule has 0 fully saturated rings.